The molecule has 0 unspecified atom stereocenters. The molecular weight excluding hydrogens is 425 g/mol. The normalized spacial score (nSPS) is 14.1. The van der Waals surface area contributed by atoms with Crippen molar-refractivity contribution in [3.05, 3.63) is 64.3 Å². The van der Waals surface area contributed by atoms with Gasteiger partial charge in [-0.1, -0.05) is 35.3 Å². The number of hydrogen-bond acceptors (Lipinski definition) is 5. The first-order valence-electron chi connectivity index (χ1n) is 9.49. The van der Waals surface area contributed by atoms with Gasteiger partial charge in [0, 0.05) is 31.2 Å². The molecule has 30 heavy (non-hydrogen) atoms. The number of piperazine rings is 1. The van der Waals surface area contributed by atoms with E-state index in [1.165, 1.54) is 12.1 Å². The number of fused-ring (bicyclic) bond motifs is 1. The van der Waals surface area contributed by atoms with Crippen molar-refractivity contribution < 1.29 is 9.59 Å². The molecule has 2 amide bonds. The Kier molecular flexibility index (Phi) is 6.01. The molecule has 1 aliphatic heterocycles. The summed E-state index contributed by atoms with van der Waals surface area (Å²) in [5.74, 6) is 0.249. The summed E-state index contributed by atoms with van der Waals surface area (Å²) < 4.78 is 0. The maximum Gasteiger partial charge on any atom is 0.253 e. The maximum atomic E-state index is 12.5. The van der Waals surface area contributed by atoms with Crippen LogP contribution in [0.5, 0.6) is 0 Å². The zero-order chi connectivity index (χ0) is 21.1. The van der Waals surface area contributed by atoms with E-state index < -0.39 is 5.91 Å². The van der Waals surface area contributed by atoms with Crippen LogP contribution in [0.15, 0.2) is 48.7 Å². The van der Waals surface area contributed by atoms with Gasteiger partial charge in [0.05, 0.1) is 34.4 Å². The lowest BCUT2D eigenvalue weighted by Gasteiger charge is -2.35. The average molecular weight is 444 g/mol. The highest BCUT2D eigenvalue weighted by Crippen LogP contribution is 2.21. The fourth-order valence-corrected chi connectivity index (χ4v) is 3.82. The molecule has 7 nitrogen and oxygen atoms in total. The monoisotopic (exact) mass is 443 g/mol. The van der Waals surface area contributed by atoms with Crippen molar-refractivity contribution in [1.82, 2.24) is 20.2 Å². The molecule has 4 rings (SSSR count). The predicted molar refractivity (Wildman–Crippen MR) is 117 cm³/mol. The van der Waals surface area contributed by atoms with Crippen LogP contribution in [-0.2, 0) is 4.79 Å². The second-order valence-electron chi connectivity index (χ2n) is 6.89. The van der Waals surface area contributed by atoms with Crippen molar-refractivity contribution in [3.8, 4) is 0 Å². The topological polar surface area (TPSA) is 78.4 Å². The number of para-hydroxylation sites is 2. The molecule has 0 bridgehead atoms. The average Bonchev–Trinajstić information content (AvgIpc) is 2.77. The first kappa shape index (κ1) is 20.4. The van der Waals surface area contributed by atoms with Crippen molar-refractivity contribution >= 4 is 51.9 Å². The largest absolute Gasteiger partial charge is 0.352 e. The molecule has 9 heteroatoms. The number of nitrogens with zero attached hydrogens (tertiary/aromatic N) is 4. The Morgan fingerprint density at radius 3 is 2.47 bits per heavy atom. The highest BCUT2D eigenvalue weighted by molar-refractivity contribution is 6.36. The fraction of sp³-hybridized carbons (Fsp3) is 0.238. The highest BCUT2D eigenvalue weighted by Gasteiger charge is 2.23. The maximum absolute atomic E-state index is 12.5. The van der Waals surface area contributed by atoms with Crippen LogP contribution in [0, 0.1) is 0 Å². The summed E-state index contributed by atoms with van der Waals surface area (Å²) >= 11 is 11.9. The molecule has 154 valence electrons. The molecule has 0 atom stereocenters. The van der Waals surface area contributed by atoms with Gasteiger partial charge in [-0.25, -0.2) is 4.98 Å². The van der Waals surface area contributed by atoms with Crippen LogP contribution in [0.1, 0.15) is 10.4 Å². The number of carbonyl (C=O) groups is 2. The summed E-state index contributed by atoms with van der Waals surface area (Å²) in [6.07, 6.45) is 1.76. The minimum atomic E-state index is -0.407. The van der Waals surface area contributed by atoms with Crippen molar-refractivity contribution in [2.24, 2.45) is 0 Å². The molecule has 1 aliphatic rings. The summed E-state index contributed by atoms with van der Waals surface area (Å²) in [6.45, 7) is 2.30. The third-order valence-corrected chi connectivity index (χ3v) is 5.52. The quantitative estimate of drug-likeness (QED) is 0.670. The number of rotatable bonds is 4. The van der Waals surface area contributed by atoms with Crippen LogP contribution >= 0.6 is 23.2 Å². The minimum absolute atomic E-state index is 0.0897. The Labute approximate surface area is 183 Å². The van der Waals surface area contributed by atoms with Gasteiger partial charge in [-0.05, 0) is 30.3 Å². The van der Waals surface area contributed by atoms with Crippen LogP contribution in [0.3, 0.4) is 0 Å². The minimum Gasteiger partial charge on any atom is -0.352 e. The fourth-order valence-electron chi connectivity index (χ4n) is 3.32. The molecule has 0 saturated carbocycles. The van der Waals surface area contributed by atoms with Crippen molar-refractivity contribution in [3.63, 3.8) is 0 Å². The third-order valence-electron chi connectivity index (χ3n) is 4.97. The van der Waals surface area contributed by atoms with Crippen LogP contribution in [0.25, 0.3) is 11.0 Å². The number of halogens is 2. The number of carbonyl (C=O) groups excluding carboxylic acids is 2. The van der Waals surface area contributed by atoms with Gasteiger partial charge >= 0.3 is 0 Å². The Hall–Kier alpha value is -2.90. The van der Waals surface area contributed by atoms with Crippen molar-refractivity contribution in [2.75, 3.05) is 37.6 Å². The number of anilines is 1. The van der Waals surface area contributed by atoms with E-state index in [1.807, 2.05) is 24.3 Å². The predicted octanol–water partition coefficient (Wildman–Crippen LogP) is 3.02. The first-order valence-corrected chi connectivity index (χ1v) is 10.2. The van der Waals surface area contributed by atoms with Crippen molar-refractivity contribution in [1.29, 1.82) is 0 Å². The van der Waals surface area contributed by atoms with E-state index in [9.17, 15) is 9.59 Å². The van der Waals surface area contributed by atoms with E-state index >= 15 is 0 Å². The Balaban J connectivity index is 1.31. The van der Waals surface area contributed by atoms with E-state index in [4.69, 9.17) is 23.2 Å². The number of nitrogens with one attached hydrogen (secondary N) is 1. The molecular formula is C21H19Cl2N5O2. The highest BCUT2D eigenvalue weighted by atomic mass is 35.5. The number of hydrogen-bond donors (Lipinski definition) is 1. The molecule has 2 heterocycles. The molecule has 1 saturated heterocycles. The SMILES string of the molecule is O=C(NCC(=O)N1CCN(c2cnc3ccccc3n2)CC1)c1ccc(Cl)cc1Cl. The van der Waals surface area contributed by atoms with Crippen molar-refractivity contribution in [2.45, 2.75) is 0 Å². The zero-order valence-corrected chi connectivity index (χ0v) is 17.5. The molecule has 1 aromatic heterocycles. The van der Waals surface area contributed by atoms with Crippen LogP contribution in [0.2, 0.25) is 10.0 Å². The molecule has 1 N–H and O–H groups in total. The van der Waals surface area contributed by atoms with Gasteiger partial charge in [0.25, 0.3) is 5.91 Å². The summed E-state index contributed by atoms with van der Waals surface area (Å²) in [4.78, 5) is 37.7. The third kappa shape index (κ3) is 4.47. The molecule has 0 spiro atoms. The molecule has 0 aliphatic carbocycles. The lowest BCUT2D eigenvalue weighted by molar-refractivity contribution is -0.130. The van der Waals surface area contributed by atoms with Crippen LogP contribution in [0.4, 0.5) is 5.82 Å². The zero-order valence-electron chi connectivity index (χ0n) is 16.0. The Morgan fingerprint density at radius 1 is 1.00 bits per heavy atom. The van der Waals surface area contributed by atoms with Gasteiger partial charge < -0.3 is 15.1 Å². The number of aromatic nitrogens is 2. The summed E-state index contributed by atoms with van der Waals surface area (Å²) in [6, 6.07) is 12.3. The van der Waals surface area contributed by atoms with Gasteiger partial charge in [-0.2, -0.15) is 0 Å². The van der Waals surface area contributed by atoms with Gasteiger partial charge in [-0.3, -0.25) is 14.6 Å². The van der Waals surface area contributed by atoms with E-state index in [0.29, 0.717) is 31.2 Å². The standard InChI is InChI=1S/C21H19Cl2N5O2/c22-14-5-6-15(16(23)11-14)21(30)25-13-20(29)28-9-7-27(8-10-28)19-12-24-17-3-1-2-4-18(17)26-19/h1-6,11-12H,7-10,13H2,(H,25,30). The van der Waals surface area contributed by atoms with E-state index in [2.05, 4.69) is 20.2 Å². The van der Waals surface area contributed by atoms with E-state index in [0.717, 1.165) is 16.9 Å². The van der Waals surface area contributed by atoms with Crippen LogP contribution in [-0.4, -0.2) is 59.4 Å². The van der Waals surface area contributed by atoms with Gasteiger partial charge in [0.1, 0.15) is 5.82 Å². The smallest absolute Gasteiger partial charge is 0.253 e. The van der Waals surface area contributed by atoms with Crippen LogP contribution < -0.4 is 10.2 Å². The molecule has 1 fully saturated rings. The summed E-state index contributed by atoms with van der Waals surface area (Å²) in [5.41, 5.74) is 1.98. The molecule has 2 aromatic carbocycles. The number of amides is 2. The first-order chi connectivity index (χ1) is 14.5. The Morgan fingerprint density at radius 2 is 1.73 bits per heavy atom. The van der Waals surface area contributed by atoms with Gasteiger partial charge in [-0.15, -0.1) is 0 Å². The second kappa shape index (κ2) is 8.85. The van der Waals surface area contributed by atoms with E-state index in [1.54, 1.807) is 17.2 Å². The second-order valence-corrected chi connectivity index (χ2v) is 7.74. The van der Waals surface area contributed by atoms with Gasteiger partial charge in [0.2, 0.25) is 5.91 Å². The Bertz CT molecular complexity index is 1100. The van der Waals surface area contributed by atoms with Gasteiger partial charge in [0.15, 0.2) is 0 Å². The molecule has 3 aromatic rings. The molecule has 0 radical (unpaired) electrons. The summed E-state index contributed by atoms with van der Waals surface area (Å²) in [7, 11) is 0. The number of benzene rings is 2. The van der Waals surface area contributed by atoms with E-state index in [-0.39, 0.29) is 23.0 Å². The summed E-state index contributed by atoms with van der Waals surface area (Å²) in [5, 5.41) is 3.32. The lowest BCUT2D eigenvalue weighted by Crippen LogP contribution is -2.51. The lowest BCUT2D eigenvalue weighted by atomic mass is 10.2.